The van der Waals surface area contributed by atoms with Crippen LogP contribution in [0.25, 0.3) is 0 Å². The normalized spacial score (nSPS) is 27.8. The van der Waals surface area contributed by atoms with Crippen molar-refractivity contribution in [3.8, 4) is 5.75 Å². The average Bonchev–Trinajstić information content (AvgIpc) is 3.01. The first kappa shape index (κ1) is 19.4. The Bertz CT molecular complexity index is 672. The number of nitrogens with one attached hydrogen (secondary N) is 2. The van der Waals surface area contributed by atoms with Gasteiger partial charge in [-0.25, -0.2) is 13.6 Å². The molecular formula is C19H24F2N2O4. The zero-order valence-electron chi connectivity index (χ0n) is 14.9. The maximum absolute atomic E-state index is 13.3. The van der Waals surface area contributed by atoms with Crippen molar-refractivity contribution in [1.29, 1.82) is 0 Å². The molecule has 0 heterocycles. The van der Waals surface area contributed by atoms with Crippen LogP contribution in [0.5, 0.6) is 5.75 Å². The van der Waals surface area contributed by atoms with Crippen molar-refractivity contribution >= 4 is 12.0 Å². The number of hydrogen-bond acceptors (Lipinski definition) is 3. The van der Waals surface area contributed by atoms with E-state index >= 15 is 0 Å². The topological polar surface area (TPSA) is 87.7 Å². The van der Waals surface area contributed by atoms with E-state index in [0.717, 1.165) is 31.0 Å². The van der Waals surface area contributed by atoms with Gasteiger partial charge >= 0.3 is 12.0 Å². The third kappa shape index (κ3) is 5.30. The van der Waals surface area contributed by atoms with Crippen molar-refractivity contribution in [2.45, 2.75) is 63.1 Å². The Morgan fingerprint density at radius 1 is 0.963 bits per heavy atom. The van der Waals surface area contributed by atoms with Crippen LogP contribution in [-0.2, 0) is 4.79 Å². The van der Waals surface area contributed by atoms with E-state index in [1.807, 2.05) is 0 Å². The maximum atomic E-state index is 13.3. The van der Waals surface area contributed by atoms with Crippen molar-refractivity contribution < 1.29 is 28.2 Å². The molecule has 2 aliphatic carbocycles. The molecule has 2 fully saturated rings. The predicted molar refractivity (Wildman–Crippen MR) is 93.5 cm³/mol. The first-order chi connectivity index (χ1) is 12.9. The number of carboxylic acids is 1. The molecule has 0 bridgehead atoms. The molecule has 0 unspecified atom stereocenters. The molecule has 0 spiro atoms. The summed E-state index contributed by atoms with van der Waals surface area (Å²) in [6.07, 6.45) is 4.29. The molecule has 2 amide bonds. The molecule has 3 rings (SSSR count). The fourth-order valence-corrected chi connectivity index (χ4v) is 3.88. The number of carbonyl (C=O) groups is 2. The van der Waals surface area contributed by atoms with Crippen LogP contribution in [0.2, 0.25) is 0 Å². The van der Waals surface area contributed by atoms with Crippen LogP contribution in [0.15, 0.2) is 18.2 Å². The van der Waals surface area contributed by atoms with Crippen molar-refractivity contribution in [2.75, 3.05) is 0 Å². The lowest BCUT2D eigenvalue weighted by atomic mass is 9.86. The number of hydrogen-bond donors (Lipinski definition) is 3. The molecule has 0 saturated heterocycles. The Hall–Kier alpha value is -2.38. The lowest BCUT2D eigenvalue weighted by Crippen LogP contribution is -2.50. The van der Waals surface area contributed by atoms with E-state index in [0.29, 0.717) is 32.1 Å². The summed E-state index contributed by atoms with van der Waals surface area (Å²) >= 11 is 0. The molecule has 6 nitrogen and oxygen atoms in total. The van der Waals surface area contributed by atoms with Crippen LogP contribution < -0.4 is 15.4 Å². The van der Waals surface area contributed by atoms with E-state index in [-0.39, 0.29) is 35.9 Å². The predicted octanol–water partition coefficient (Wildman–Crippen LogP) is 3.21. The molecule has 2 atom stereocenters. The summed E-state index contributed by atoms with van der Waals surface area (Å²) in [5, 5.41) is 14.8. The molecule has 1 aromatic rings. The molecule has 2 aliphatic rings. The molecule has 27 heavy (non-hydrogen) atoms. The number of urea groups is 1. The third-order valence-corrected chi connectivity index (χ3v) is 5.30. The summed E-state index contributed by atoms with van der Waals surface area (Å²) < 4.78 is 32.3. The summed E-state index contributed by atoms with van der Waals surface area (Å²) in [5.74, 6) is -2.41. The minimum atomic E-state index is -0.780. The highest BCUT2D eigenvalue weighted by atomic mass is 19.1. The summed E-state index contributed by atoms with van der Waals surface area (Å²) in [4.78, 5) is 23.3. The molecular weight excluding hydrogens is 358 g/mol. The molecule has 148 valence electrons. The molecule has 0 aliphatic heterocycles. The number of amides is 2. The first-order valence-electron chi connectivity index (χ1n) is 9.33. The van der Waals surface area contributed by atoms with Crippen molar-refractivity contribution in [2.24, 2.45) is 5.92 Å². The highest BCUT2D eigenvalue weighted by molar-refractivity contribution is 5.75. The highest BCUT2D eigenvalue weighted by Gasteiger charge is 2.32. The van der Waals surface area contributed by atoms with E-state index in [9.17, 15) is 18.4 Å². The van der Waals surface area contributed by atoms with Gasteiger partial charge in [0.05, 0.1) is 12.0 Å². The Labute approximate surface area is 156 Å². The van der Waals surface area contributed by atoms with Crippen LogP contribution in [0.3, 0.4) is 0 Å². The van der Waals surface area contributed by atoms with E-state index in [1.165, 1.54) is 0 Å². The molecule has 0 radical (unpaired) electrons. The van der Waals surface area contributed by atoms with Gasteiger partial charge in [-0.3, -0.25) is 4.79 Å². The molecule has 2 saturated carbocycles. The van der Waals surface area contributed by atoms with Gasteiger partial charge in [-0.1, -0.05) is 0 Å². The van der Waals surface area contributed by atoms with Crippen molar-refractivity contribution in [1.82, 2.24) is 10.6 Å². The smallest absolute Gasteiger partial charge is 0.315 e. The second kappa shape index (κ2) is 8.54. The molecule has 8 heteroatoms. The number of halogens is 2. The largest absolute Gasteiger partial charge is 0.488 e. The fraction of sp³-hybridized carbons (Fsp3) is 0.579. The second-order valence-electron chi connectivity index (χ2n) is 7.30. The molecule has 1 aromatic carbocycles. The summed E-state index contributed by atoms with van der Waals surface area (Å²) in [5.41, 5.74) is 0. The number of benzene rings is 1. The summed E-state index contributed by atoms with van der Waals surface area (Å²) in [6.45, 7) is 0. The number of rotatable bonds is 5. The van der Waals surface area contributed by atoms with Gasteiger partial charge in [-0.05, 0) is 44.9 Å². The van der Waals surface area contributed by atoms with Gasteiger partial charge in [0.1, 0.15) is 23.5 Å². The standard InChI is InChI=1S/C19H24F2N2O4/c20-12-8-13(21)10-15(9-12)27-17-3-1-2-16(17)23-19(26)22-14-6-4-11(5-7-14)18(24)25/h8-11,14,16-17H,1-7H2,(H,24,25)(H2,22,23,26)/t11?,14?,16-,17+/m0/s1. The van der Waals surface area contributed by atoms with Gasteiger partial charge in [0.2, 0.25) is 0 Å². The Kier molecular flexibility index (Phi) is 6.13. The van der Waals surface area contributed by atoms with E-state index in [4.69, 9.17) is 9.84 Å². The fourth-order valence-electron chi connectivity index (χ4n) is 3.88. The van der Waals surface area contributed by atoms with E-state index in [1.54, 1.807) is 0 Å². The molecule has 0 aromatic heterocycles. The van der Waals surface area contributed by atoms with Crippen molar-refractivity contribution in [3.05, 3.63) is 29.8 Å². The van der Waals surface area contributed by atoms with Crippen LogP contribution in [0.1, 0.15) is 44.9 Å². The van der Waals surface area contributed by atoms with Crippen LogP contribution in [-0.4, -0.2) is 35.3 Å². The van der Waals surface area contributed by atoms with Crippen LogP contribution in [0.4, 0.5) is 13.6 Å². The van der Waals surface area contributed by atoms with E-state index < -0.39 is 17.6 Å². The van der Waals surface area contributed by atoms with Gasteiger partial charge < -0.3 is 20.5 Å². The second-order valence-corrected chi connectivity index (χ2v) is 7.30. The van der Waals surface area contributed by atoms with Gasteiger partial charge in [0, 0.05) is 24.2 Å². The summed E-state index contributed by atoms with van der Waals surface area (Å²) in [6, 6.07) is 2.42. The van der Waals surface area contributed by atoms with E-state index in [2.05, 4.69) is 10.6 Å². The average molecular weight is 382 g/mol. The first-order valence-corrected chi connectivity index (χ1v) is 9.33. The molecule has 3 N–H and O–H groups in total. The third-order valence-electron chi connectivity index (χ3n) is 5.30. The van der Waals surface area contributed by atoms with Gasteiger partial charge in [0.15, 0.2) is 0 Å². The minimum Gasteiger partial charge on any atom is -0.488 e. The maximum Gasteiger partial charge on any atom is 0.315 e. The van der Waals surface area contributed by atoms with Gasteiger partial charge in [-0.2, -0.15) is 0 Å². The minimum absolute atomic E-state index is 0.0429. The van der Waals surface area contributed by atoms with Crippen molar-refractivity contribution in [3.63, 3.8) is 0 Å². The number of ether oxygens (including phenoxy) is 1. The SMILES string of the molecule is O=C(NC1CCC(C(=O)O)CC1)N[C@H]1CCC[C@H]1Oc1cc(F)cc(F)c1. The number of aliphatic carboxylic acids is 1. The zero-order valence-corrected chi connectivity index (χ0v) is 14.9. The van der Waals surface area contributed by atoms with Crippen LogP contribution in [0, 0.1) is 17.6 Å². The van der Waals surface area contributed by atoms with Gasteiger partial charge in [0.25, 0.3) is 0 Å². The lowest BCUT2D eigenvalue weighted by molar-refractivity contribution is -0.142. The lowest BCUT2D eigenvalue weighted by Gasteiger charge is -2.28. The Balaban J connectivity index is 1.49. The zero-order chi connectivity index (χ0) is 19.4. The summed E-state index contributed by atoms with van der Waals surface area (Å²) in [7, 11) is 0. The van der Waals surface area contributed by atoms with Gasteiger partial charge in [-0.15, -0.1) is 0 Å². The number of carbonyl (C=O) groups excluding carboxylic acids is 1. The Morgan fingerprint density at radius 3 is 2.26 bits per heavy atom. The van der Waals surface area contributed by atoms with Crippen LogP contribution >= 0.6 is 0 Å². The monoisotopic (exact) mass is 382 g/mol. The number of carboxylic acid groups (broad SMARTS) is 1. The Morgan fingerprint density at radius 2 is 1.63 bits per heavy atom. The highest BCUT2D eigenvalue weighted by Crippen LogP contribution is 2.27. The quantitative estimate of drug-likeness (QED) is 0.730.